The summed E-state index contributed by atoms with van der Waals surface area (Å²) in [5.41, 5.74) is 0.396. The van der Waals surface area contributed by atoms with Gasteiger partial charge in [-0.3, -0.25) is 4.79 Å². The quantitative estimate of drug-likeness (QED) is 0.795. The average molecular weight is 320 g/mol. The zero-order chi connectivity index (χ0) is 15.5. The first-order valence-corrected chi connectivity index (χ1v) is 7.98. The Hall–Kier alpha value is -1.45. The van der Waals surface area contributed by atoms with Gasteiger partial charge in [0.15, 0.2) is 0 Å². The lowest BCUT2D eigenvalue weighted by atomic mass is 10.3. The van der Waals surface area contributed by atoms with E-state index in [0.29, 0.717) is 16.9 Å². The Balaban J connectivity index is 2.77. The van der Waals surface area contributed by atoms with Crippen LogP contribution in [-0.2, 0) is 14.8 Å². The van der Waals surface area contributed by atoms with Gasteiger partial charge in [0.25, 0.3) is 0 Å². The van der Waals surface area contributed by atoms with Crippen LogP contribution < -0.4 is 4.72 Å². The van der Waals surface area contributed by atoms with Gasteiger partial charge in [0.05, 0.1) is 0 Å². The predicted molar refractivity (Wildman–Crippen MR) is 74.5 cm³/mol. The number of sulfonamides is 1. The molecule has 20 heavy (non-hydrogen) atoms. The summed E-state index contributed by atoms with van der Waals surface area (Å²) < 4.78 is 26.1. The molecule has 0 fully saturated rings. The summed E-state index contributed by atoms with van der Waals surface area (Å²) in [5.74, 6) is -1.35. The van der Waals surface area contributed by atoms with E-state index in [1.807, 2.05) is 0 Å². The third kappa shape index (κ3) is 4.02. The third-order valence-electron chi connectivity index (χ3n) is 2.48. The minimum absolute atomic E-state index is 0.00487. The molecule has 0 aliphatic carbocycles. The van der Waals surface area contributed by atoms with Gasteiger partial charge in [-0.25, -0.2) is 17.9 Å². The highest BCUT2D eigenvalue weighted by atomic mass is 32.2. The van der Waals surface area contributed by atoms with E-state index in [9.17, 15) is 18.0 Å². The summed E-state index contributed by atoms with van der Waals surface area (Å²) in [5, 5.41) is 8.90. The standard InChI is InChI=1S/C11H16N2O5S2/c1-7-6-9(19-10(7)11(15)16)20(17,18)12-5-4-8(14)13(2)3/h6,12H,4-5H2,1-3H3,(H,15,16). The van der Waals surface area contributed by atoms with E-state index in [0.717, 1.165) is 0 Å². The van der Waals surface area contributed by atoms with E-state index >= 15 is 0 Å². The monoisotopic (exact) mass is 320 g/mol. The van der Waals surface area contributed by atoms with Crippen molar-refractivity contribution in [3.63, 3.8) is 0 Å². The van der Waals surface area contributed by atoms with Gasteiger partial charge < -0.3 is 10.0 Å². The molecule has 0 atom stereocenters. The topological polar surface area (TPSA) is 104 Å². The maximum absolute atomic E-state index is 12.0. The number of amides is 1. The minimum Gasteiger partial charge on any atom is -0.477 e. The highest BCUT2D eigenvalue weighted by molar-refractivity contribution is 7.91. The number of aryl methyl sites for hydroxylation is 1. The first-order chi connectivity index (χ1) is 9.15. The molecule has 0 saturated heterocycles. The normalized spacial score (nSPS) is 11.3. The summed E-state index contributed by atoms with van der Waals surface area (Å²) in [6.45, 7) is 1.51. The van der Waals surface area contributed by atoms with Crippen molar-refractivity contribution in [1.29, 1.82) is 0 Å². The van der Waals surface area contributed by atoms with Gasteiger partial charge in [-0.1, -0.05) is 0 Å². The van der Waals surface area contributed by atoms with Crippen LogP contribution in [0.2, 0.25) is 0 Å². The van der Waals surface area contributed by atoms with Crippen LogP contribution in [0.4, 0.5) is 0 Å². The van der Waals surface area contributed by atoms with Gasteiger partial charge in [0.2, 0.25) is 15.9 Å². The molecule has 0 bridgehead atoms. The first kappa shape index (κ1) is 16.6. The second kappa shape index (κ2) is 6.33. The van der Waals surface area contributed by atoms with Crippen molar-refractivity contribution < 1.29 is 23.1 Å². The van der Waals surface area contributed by atoms with Crippen LogP contribution in [0.25, 0.3) is 0 Å². The molecule has 0 saturated carbocycles. The van der Waals surface area contributed by atoms with Crippen molar-refractivity contribution in [1.82, 2.24) is 9.62 Å². The molecule has 0 aliphatic heterocycles. The second-order valence-corrected chi connectivity index (χ2v) is 7.36. The molecule has 0 spiro atoms. The summed E-state index contributed by atoms with van der Waals surface area (Å²) in [4.78, 5) is 23.6. The molecule has 1 amide bonds. The zero-order valence-corrected chi connectivity index (χ0v) is 13.0. The van der Waals surface area contributed by atoms with E-state index in [2.05, 4.69) is 4.72 Å². The number of nitrogens with one attached hydrogen (secondary N) is 1. The zero-order valence-electron chi connectivity index (χ0n) is 11.3. The molecular weight excluding hydrogens is 304 g/mol. The van der Waals surface area contributed by atoms with Crippen LogP contribution >= 0.6 is 11.3 Å². The Bertz CT molecular complexity index is 619. The molecule has 1 aromatic rings. The Kier molecular flexibility index (Phi) is 5.26. The van der Waals surface area contributed by atoms with E-state index in [4.69, 9.17) is 5.11 Å². The van der Waals surface area contributed by atoms with Gasteiger partial charge in [-0.15, -0.1) is 11.3 Å². The van der Waals surface area contributed by atoms with Crippen LogP contribution in [0.3, 0.4) is 0 Å². The van der Waals surface area contributed by atoms with Crippen LogP contribution in [0.1, 0.15) is 21.7 Å². The molecule has 0 aromatic carbocycles. The fraction of sp³-hybridized carbons (Fsp3) is 0.455. The van der Waals surface area contributed by atoms with Crippen molar-refractivity contribution in [2.24, 2.45) is 0 Å². The lowest BCUT2D eigenvalue weighted by Gasteiger charge is -2.10. The maximum Gasteiger partial charge on any atom is 0.346 e. The van der Waals surface area contributed by atoms with Crippen molar-refractivity contribution in [3.05, 3.63) is 16.5 Å². The van der Waals surface area contributed by atoms with Crippen molar-refractivity contribution in [2.75, 3.05) is 20.6 Å². The maximum atomic E-state index is 12.0. The number of hydrogen-bond donors (Lipinski definition) is 2. The number of carboxylic acid groups (broad SMARTS) is 1. The smallest absolute Gasteiger partial charge is 0.346 e. The van der Waals surface area contributed by atoms with Crippen LogP contribution in [-0.4, -0.2) is 50.9 Å². The van der Waals surface area contributed by atoms with E-state index in [1.54, 1.807) is 14.1 Å². The number of aromatic carboxylic acids is 1. The van der Waals surface area contributed by atoms with Crippen LogP contribution in [0.15, 0.2) is 10.3 Å². The van der Waals surface area contributed by atoms with Gasteiger partial charge in [0.1, 0.15) is 9.09 Å². The molecule has 1 aromatic heterocycles. The fourth-order valence-corrected chi connectivity index (χ4v) is 3.84. The largest absolute Gasteiger partial charge is 0.477 e. The fourth-order valence-electron chi connectivity index (χ4n) is 1.38. The predicted octanol–water partition coefficient (Wildman–Crippen LogP) is 0.511. The summed E-state index contributed by atoms with van der Waals surface area (Å²) in [6.07, 6.45) is 0.0440. The van der Waals surface area contributed by atoms with Crippen molar-refractivity contribution >= 4 is 33.2 Å². The molecule has 9 heteroatoms. The number of carbonyl (C=O) groups is 2. The highest BCUT2D eigenvalue weighted by Crippen LogP contribution is 2.25. The number of nitrogens with zero attached hydrogens (tertiary/aromatic N) is 1. The van der Waals surface area contributed by atoms with E-state index in [1.165, 1.54) is 17.9 Å². The molecule has 1 rings (SSSR count). The van der Waals surface area contributed by atoms with Crippen LogP contribution in [0.5, 0.6) is 0 Å². The Morgan fingerprint density at radius 2 is 2.00 bits per heavy atom. The summed E-state index contributed by atoms with van der Waals surface area (Å²) in [7, 11) is -0.619. The number of carbonyl (C=O) groups excluding carboxylic acids is 1. The summed E-state index contributed by atoms with van der Waals surface area (Å²) >= 11 is 0.694. The molecule has 7 nitrogen and oxygen atoms in total. The molecule has 0 unspecified atom stereocenters. The first-order valence-electron chi connectivity index (χ1n) is 5.68. The molecule has 0 aliphatic rings. The SMILES string of the molecule is Cc1cc(S(=O)(=O)NCCC(=O)N(C)C)sc1C(=O)O. The van der Waals surface area contributed by atoms with Crippen molar-refractivity contribution in [2.45, 2.75) is 17.6 Å². The van der Waals surface area contributed by atoms with Gasteiger partial charge in [-0.2, -0.15) is 0 Å². The van der Waals surface area contributed by atoms with E-state index in [-0.39, 0.29) is 28.0 Å². The number of rotatable bonds is 6. The highest BCUT2D eigenvalue weighted by Gasteiger charge is 2.21. The molecule has 1 heterocycles. The third-order valence-corrected chi connectivity index (χ3v) is 5.64. The molecule has 2 N–H and O–H groups in total. The number of hydrogen-bond acceptors (Lipinski definition) is 5. The average Bonchev–Trinajstić information content (AvgIpc) is 2.71. The van der Waals surface area contributed by atoms with Crippen molar-refractivity contribution in [3.8, 4) is 0 Å². The Morgan fingerprint density at radius 3 is 2.45 bits per heavy atom. The number of thiophene rings is 1. The molecule has 0 radical (unpaired) electrons. The van der Waals surface area contributed by atoms with Gasteiger partial charge in [-0.05, 0) is 18.6 Å². The summed E-state index contributed by atoms with van der Waals surface area (Å²) in [6, 6.07) is 1.31. The number of carboxylic acids is 1. The van der Waals surface area contributed by atoms with Gasteiger partial charge >= 0.3 is 5.97 Å². The minimum atomic E-state index is -3.78. The second-order valence-electron chi connectivity index (χ2n) is 4.32. The van der Waals surface area contributed by atoms with E-state index < -0.39 is 16.0 Å². The lowest BCUT2D eigenvalue weighted by Crippen LogP contribution is -2.29. The van der Waals surface area contributed by atoms with Gasteiger partial charge in [0, 0.05) is 27.1 Å². The Labute approximate surface area is 121 Å². The van der Waals surface area contributed by atoms with Crippen LogP contribution in [0, 0.1) is 6.92 Å². The lowest BCUT2D eigenvalue weighted by molar-refractivity contribution is -0.128. The molecular formula is C11H16N2O5S2. The Morgan fingerprint density at radius 1 is 1.40 bits per heavy atom. The molecule has 112 valence electrons.